The third kappa shape index (κ3) is 4.66. The van der Waals surface area contributed by atoms with Gasteiger partial charge in [-0.2, -0.15) is 0 Å². The van der Waals surface area contributed by atoms with Crippen LogP contribution in [-0.4, -0.2) is 48.0 Å². The molecule has 0 saturated carbocycles. The molecule has 3 aromatic rings. The van der Waals surface area contributed by atoms with Crippen molar-refractivity contribution in [1.29, 1.82) is 0 Å². The first kappa shape index (κ1) is 21.2. The average Bonchev–Trinajstić information content (AvgIpc) is 2.79. The molecular weight excluding hydrogens is 394 g/mol. The lowest BCUT2D eigenvalue weighted by Gasteiger charge is -2.30. The SMILES string of the molecule is CCOC(=O)C1CCN(CCCC(=O)[n+]2ccc3[nH]c(=O)c4ccccc4c3c2)CC1. The van der Waals surface area contributed by atoms with E-state index in [0.29, 0.717) is 18.4 Å². The molecule has 1 fully saturated rings. The zero-order valence-electron chi connectivity index (χ0n) is 17.8. The number of aromatic nitrogens is 2. The summed E-state index contributed by atoms with van der Waals surface area (Å²) in [6.07, 6.45) is 6.35. The van der Waals surface area contributed by atoms with E-state index in [0.717, 1.165) is 55.2 Å². The molecule has 0 spiro atoms. The molecule has 1 aromatic carbocycles. The molecule has 1 saturated heterocycles. The van der Waals surface area contributed by atoms with Gasteiger partial charge in [0.2, 0.25) is 0 Å². The lowest BCUT2D eigenvalue weighted by Crippen LogP contribution is -2.42. The van der Waals surface area contributed by atoms with Crippen molar-refractivity contribution in [2.75, 3.05) is 26.2 Å². The van der Waals surface area contributed by atoms with Crippen molar-refractivity contribution in [2.24, 2.45) is 5.92 Å². The van der Waals surface area contributed by atoms with Gasteiger partial charge in [0.25, 0.3) is 5.56 Å². The number of ether oxygens (including phenoxy) is 1. The fraction of sp³-hybridized carbons (Fsp3) is 0.417. The maximum atomic E-state index is 12.8. The highest BCUT2D eigenvalue weighted by Crippen LogP contribution is 2.20. The molecule has 1 aliphatic rings. The van der Waals surface area contributed by atoms with Crippen LogP contribution in [-0.2, 0) is 9.53 Å². The molecule has 7 nitrogen and oxygen atoms in total. The van der Waals surface area contributed by atoms with Gasteiger partial charge in [-0.1, -0.05) is 18.2 Å². The standard InChI is InChI=1S/C24H27N3O4/c1-2-31-24(30)17-9-13-26(14-10-17)12-5-8-22(28)27-15-11-21-20(16-27)18-6-3-4-7-19(18)23(29)25-21/h3-4,6-7,11,15-17H,2,5,8-10,12-14H2,1H3/p+1. The summed E-state index contributed by atoms with van der Waals surface area (Å²) in [5.41, 5.74) is 0.594. The number of benzene rings is 1. The highest BCUT2D eigenvalue weighted by molar-refractivity contribution is 6.04. The first-order valence-electron chi connectivity index (χ1n) is 10.9. The van der Waals surface area contributed by atoms with Gasteiger partial charge >= 0.3 is 11.9 Å². The minimum absolute atomic E-state index is 0.00671. The van der Waals surface area contributed by atoms with E-state index >= 15 is 0 Å². The van der Waals surface area contributed by atoms with Crippen molar-refractivity contribution in [3.05, 3.63) is 53.1 Å². The number of rotatable bonds is 6. The van der Waals surface area contributed by atoms with Crippen molar-refractivity contribution in [1.82, 2.24) is 9.88 Å². The number of aromatic amines is 1. The number of hydrogen-bond acceptors (Lipinski definition) is 5. The molecule has 4 rings (SSSR count). The van der Waals surface area contributed by atoms with Crippen LogP contribution in [0.5, 0.6) is 0 Å². The number of H-pyrrole nitrogens is 1. The third-order valence-electron chi connectivity index (χ3n) is 6.03. The predicted octanol–water partition coefficient (Wildman–Crippen LogP) is 2.66. The van der Waals surface area contributed by atoms with E-state index in [2.05, 4.69) is 9.88 Å². The molecule has 1 aliphatic heterocycles. The Balaban J connectivity index is 1.36. The Kier molecular flexibility index (Phi) is 6.42. The van der Waals surface area contributed by atoms with Crippen molar-refractivity contribution in [2.45, 2.75) is 32.6 Å². The number of nitrogens with one attached hydrogen (secondary N) is 1. The Labute approximate surface area is 180 Å². The van der Waals surface area contributed by atoms with Crippen molar-refractivity contribution in [3.8, 4) is 0 Å². The van der Waals surface area contributed by atoms with Crippen LogP contribution in [0, 0.1) is 5.92 Å². The molecule has 2 aromatic heterocycles. The van der Waals surface area contributed by atoms with Gasteiger partial charge < -0.3 is 14.6 Å². The van der Waals surface area contributed by atoms with Crippen LogP contribution in [0.2, 0.25) is 0 Å². The first-order valence-corrected chi connectivity index (χ1v) is 10.9. The van der Waals surface area contributed by atoms with Crippen LogP contribution in [0.1, 0.15) is 37.4 Å². The van der Waals surface area contributed by atoms with Gasteiger partial charge in [0.05, 0.1) is 29.8 Å². The molecule has 3 heterocycles. The Hall–Kier alpha value is -3.06. The summed E-state index contributed by atoms with van der Waals surface area (Å²) in [6, 6.07) is 9.20. The van der Waals surface area contributed by atoms with E-state index in [-0.39, 0.29) is 23.4 Å². The van der Waals surface area contributed by atoms with Gasteiger partial charge in [0, 0.05) is 16.8 Å². The summed E-state index contributed by atoms with van der Waals surface area (Å²) >= 11 is 0. The van der Waals surface area contributed by atoms with E-state index in [4.69, 9.17) is 4.74 Å². The van der Waals surface area contributed by atoms with Crippen LogP contribution in [0.3, 0.4) is 0 Å². The van der Waals surface area contributed by atoms with Gasteiger partial charge in [0.1, 0.15) is 0 Å². The second-order valence-corrected chi connectivity index (χ2v) is 8.04. The number of piperidine rings is 1. The second-order valence-electron chi connectivity index (χ2n) is 8.04. The zero-order valence-corrected chi connectivity index (χ0v) is 17.8. The molecule has 0 bridgehead atoms. The third-order valence-corrected chi connectivity index (χ3v) is 6.03. The number of likely N-dealkylation sites (tertiary alicyclic amines) is 1. The van der Waals surface area contributed by atoms with Crippen LogP contribution < -0.4 is 10.1 Å². The molecule has 0 unspecified atom stereocenters. The first-order chi connectivity index (χ1) is 15.1. The number of hydrogen-bond donors (Lipinski definition) is 1. The van der Waals surface area contributed by atoms with Gasteiger partial charge in [-0.25, -0.2) is 4.79 Å². The van der Waals surface area contributed by atoms with Crippen molar-refractivity contribution < 1.29 is 18.9 Å². The lowest BCUT2D eigenvalue weighted by molar-refractivity contribution is -0.573. The van der Waals surface area contributed by atoms with E-state index in [9.17, 15) is 14.4 Å². The smallest absolute Gasteiger partial charge is 0.392 e. The van der Waals surface area contributed by atoms with Crippen molar-refractivity contribution >= 4 is 33.6 Å². The Morgan fingerprint density at radius 2 is 1.87 bits per heavy atom. The molecule has 31 heavy (non-hydrogen) atoms. The molecule has 1 N–H and O–H groups in total. The summed E-state index contributed by atoms with van der Waals surface area (Å²) in [4.78, 5) is 42.0. The van der Waals surface area contributed by atoms with Gasteiger partial charge in [-0.15, -0.1) is 4.57 Å². The normalized spacial score (nSPS) is 15.4. The van der Waals surface area contributed by atoms with Crippen LogP contribution in [0.4, 0.5) is 0 Å². The predicted molar refractivity (Wildman–Crippen MR) is 118 cm³/mol. The highest BCUT2D eigenvalue weighted by atomic mass is 16.5. The summed E-state index contributed by atoms with van der Waals surface area (Å²) in [5, 5.41) is 2.31. The Bertz CT molecular complexity index is 1160. The average molecular weight is 423 g/mol. The van der Waals surface area contributed by atoms with E-state index in [1.54, 1.807) is 29.1 Å². The second kappa shape index (κ2) is 9.39. The molecule has 0 amide bonds. The van der Waals surface area contributed by atoms with Crippen LogP contribution in [0.25, 0.3) is 21.7 Å². The minimum atomic E-state index is -0.126. The summed E-state index contributed by atoms with van der Waals surface area (Å²) in [6.45, 7) is 4.82. The monoisotopic (exact) mass is 422 g/mol. The molecule has 162 valence electrons. The Morgan fingerprint density at radius 3 is 2.61 bits per heavy atom. The highest BCUT2D eigenvalue weighted by Gasteiger charge is 2.26. The molecule has 0 radical (unpaired) electrons. The maximum Gasteiger partial charge on any atom is 0.392 e. The molecule has 7 heteroatoms. The fourth-order valence-electron chi connectivity index (χ4n) is 4.32. The molecule has 0 atom stereocenters. The number of esters is 1. The van der Waals surface area contributed by atoms with Crippen LogP contribution in [0.15, 0.2) is 47.5 Å². The molecule has 0 aliphatic carbocycles. The number of fused-ring (bicyclic) bond motifs is 3. The van der Waals surface area contributed by atoms with Crippen molar-refractivity contribution in [3.63, 3.8) is 0 Å². The topological polar surface area (TPSA) is 83.3 Å². The number of carbonyl (C=O) groups is 2. The number of nitrogens with zero attached hydrogens (tertiary/aromatic N) is 2. The maximum absolute atomic E-state index is 12.8. The minimum Gasteiger partial charge on any atom is -0.466 e. The van der Waals surface area contributed by atoms with E-state index in [1.165, 1.54) is 0 Å². The largest absolute Gasteiger partial charge is 0.466 e. The Morgan fingerprint density at radius 1 is 1.13 bits per heavy atom. The summed E-state index contributed by atoms with van der Waals surface area (Å²) < 4.78 is 6.73. The zero-order chi connectivity index (χ0) is 21.8. The van der Waals surface area contributed by atoms with E-state index < -0.39 is 0 Å². The summed E-state index contributed by atoms with van der Waals surface area (Å²) in [7, 11) is 0. The van der Waals surface area contributed by atoms with Gasteiger partial charge in [-0.05, 0) is 51.9 Å². The molecular formula is C24H28N3O4+. The quantitative estimate of drug-likeness (QED) is 0.375. The van der Waals surface area contributed by atoms with Gasteiger partial charge in [-0.3, -0.25) is 9.59 Å². The van der Waals surface area contributed by atoms with Crippen LogP contribution >= 0.6 is 0 Å². The van der Waals surface area contributed by atoms with E-state index in [1.807, 2.05) is 25.1 Å². The number of pyridine rings is 2. The van der Waals surface area contributed by atoms with Gasteiger partial charge in [0.15, 0.2) is 12.4 Å². The summed E-state index contributed by atoms with van der Waals surface area (Å²) in [5.74, 6) is -0.0512. The number of carbonyl (C=O) groups excluding carboxylic acids is 2. The fourth-order valence-corrected chi connectivity index (χ4v) is 4.32. The lowest BCUT2D eigenvalue weighted by atomic mass is 9.97.